The lowest BCUT2D eigenvalue weighted by atomic mass is 10.0. The molecular formula is C17H27NOS. The third-order valence-corrected chi connectivity index (χ3v) is 5.46. The number of ether oxygens (including phenoxy) is 1. The molecule has 112 valence electrons. The summed E-state index contributed by atoms with van der Waals surface area (Å²) in [6.45, 7) is 2.75. The van der Waals surface area contributed by atoms with Gasteiger partial charge in [-0.25, -0.2) is 0 Å². The maximum atomic E-state index is 5.50. The van der Waals surface area contributed by atoms with E-state index in [0.29, 0.717) is 6.04 Å². The molecule has 1 aromatic rings. The number of hydrogen-bond acceptors (Lipinski definition) is 3. The van der Waals surface area contributed by atoms with Crippen LogP contribution >= 0.6 is 11.8 Å². The molecule has 0 aromatic heterocycles. The van der Waals surface area contributed by atoms with Crippen molar-refractivity contribution < 1.29 is 4.74 Å². The van der Waals surface area contributed by atoms with Crippen LogP contribution in [0, 0.1) is 0 Å². The number of benzene rings is 1. The molecule has 0 bridgehead atoms. The number of rotatable bonds is 7. The first-order chi connectivity index (χ1) is 9.83. The molecule has 1 aliphatic rings. The molecule has 1 atom stereocenters. The van der Waals surface area contributed by atoms with Gasteiger partial charge in [0.25, 0.3) is 0 Å². The van der Waals surface area contributed by atoms with Gasteiger partial charge in [-0.1, -0.05) is 31.4 Å². The van der Waals surface area contributed by atoms with E-state index >= 15 is 0 Å². The predicted octanol–water partition coefficient (Wildman–Crippen LogP) is 4.41. The first-order valence-corrected chi connectivity index (χ1v) is 8.90. The van der Waals surface area contributed by atoms with Crippen molar-refractivity contribution in [3.63, 3.8) is 0 Å². The zero-order valence-corrected chi connectivity index (χ0v) is 13.5. The van der Waals surface area contributed by atoms with Gasteiger partial charge in [0.05, 0.1) is 6.61 Å². The van der Waals surface area contributed by atoms with Gasteiger partial charge in [0, 0.05) is 17.0 Å². The Kier molecular flexibility index (Phi) is 6.74. The van der Waals surface area contributed by atoms with Crippen LogP contribution in [0.4, 0.5) is 0 Å². The van der Waals surface area contributed by atoms with E-state index in [0.717, 1.165) is 23.4 Å². The molecule has 2 nitrogen and oxygen atoms in total. The van der Waals surface area contributed by atoms with Gasteiger partial charge in [0.15, 0.2) is 0 Å². The lowest BCUT2D eigenvalue weighted by Crippen LogP contribution is -2.21. The largest absolute Gasteiger partial charge is 0.494 e. The van der Waals surface area contributed by atoms with Gasteiger partial charge in [-0.05, 0) is 44.5 Å². The van der Waals surface area contributed by atoms with Crippen LogP contribution in [0.1, 0.15) is 50.6 Å². The molecule has 0 heterocycles. The third-order valence-electron chi connectivity index (χ3n) is 3.99. The van der Waals surface area contributed by atoms with Gasteiger partial charge in [-0.2, -0.15) is 11.8 Å². The molecule has 1 N–H and O–H groups in total. The van der Waals surface area contributed by atoms with Gasteiger partial charge in [-0.3, -0.25) is 0 Å². The summed E-state index contributed by atoms with van der Waals surface area (Å²) in [4.78, 5) is 0. The quantitative estimate of drug-likeness (QED) is 0.804. The van der Waals surface area contributed by atoms with Crippen LogP contribution in [0.5, 0.6) is 5.75 Å². The van der Waals surface area contributed by atoms with Gasteiger partial charge in [0.1, 0.15) is 5.75 Å². The molecule has 0 spiro atoms. The second-order valence-electron chi connectivity index (χ2n) is 5.44. The highest BCUT2D eigenvalue weighted by Gasteiger charge is 2.17. The number of nitrogens with one attached hydrogen (secondary N) is 1. The Morgan fingerprint density at radius 1 is 1.20 bits per heavy atom. The molecular weight excluding hydrogens is 266 g/mol. The molecule has 0 aliphatic heterocycles. The number of hydrogen-bond donors (Lipinski definition) is 1. The van der Waals surface area contributed by atoms with E-state index < -0.39 is 0 Å². The van der Waals surface area contributed by atoms with E-state index in [1.54, 1.807) is 0 Å². The molecule has 1 unspecified atom stereocenters. The highest BCUT2D eigenvalue weighted by Crippen LogP contribution is 2.31. The van der Waals surface area contributed by atoms with Crippen LogP contribution in [0.2, 0.25) is 0 Å². The van der Waals surface area contributed by atoms with Crippen molar-refractivity contribution in [2.45, 2.75) is 50.3 Å². The standard InChI is InChI=1S/C17H27NOS/c1-3-19-15-11-9-14(10-12-15)17(18-2)13-20-16-7-5-4-6-8-16/h9-12,16-18H,3-8,13H2,1-2H3. The lowest BCUT2D eigenvalue weighted by molar-refractivity contribution is 0.340. The fraction of sp³-hybridized carbons (Fsp3) is 0.647. The topological polar surface area (TPSA) is 21.3 Å². The molecule has 3 heteroatoms. The van der Waals surface area contributed by atoms with Crippen LogP contribution in [0.25, 0.3) is 0 Å². The van der Waals surface area contributed by atoms with E-state index in [-0.39, 0.29) is 0 Å². The van der Waals surface area contributed by atoms with Crippen molar-refractivity contribution >= 4 is 11.8 Å². The highest BCUT2D eigenvalue weighted by atomic mass is 32.2. The summed E-state index contributed by atoms with van der Waals surface area (Å²) < 4.78 is 5.50. The summed E-state index contributed by atoms with van der Waals surface area (Å²) in [5.41, 5.74) is 1.36. The Bertz CT molecular complexity index is 373. The van der Waals surface area contributed by atoms with Crippen molar-refractivity contribution in [1.29, 1.82) is 0 Å². The van der Waals surface area contributed by atoms with E-state index in [1.165, 1.54) is 37.7 Å². The summed E-state index contributed by atoms with van der Waals surface area (Å²) >= 11 is 2.15. The van der Waals surface area contributed by atoms with E-state index in [2.05, 4.69) is 48.4 Å². The van der Waals surface area contributed by atoms with Crippen LogP contribution in [0.15, 0.2) is 24.3 Å². The summed E-state index contributed by atoms with van der Waals surface area (Å²) in [6, 6.07) is 8.97. The fourth-order valence-corrected chi connectivity index (χ4v) is 4.26. The third kappa shape index (κ3) is 4.71. The van der Waals surface area contributed by atoms with Crippen LogP contribution in [-0.4, -0.2) is 24.7 Å². The minimum absolute atomic E-state index is 0.442. The second kappa shape index (κ2) is 8.58. The maximum absolute atomic E-state index is 5.50. The minimum Gasteiger partial charge on any atom is -0.494 e. The Morgan fingerprint density at radius 3 is 2.50 bits per heavy atom. The minimum atomic E-state index is 0.442. The van der Waals surface area contributed by atoms with Crippen LogP contribution in [0.3, 0.4) is 0 Å². The van der Waals surface area contributed by atoms with Gasteiger partial charge in [0.2, 0.25) is 0 Å². The Labute approximate surface area is 127 Å². The Morgan fingerprint density at radius 2 is 1.90 bits per heavy atom. The van der Waals surface area contributed by atoms with Crippen molar-refractivity contribution in [2.75, 3.05) is 19.4 Å². The molecule has 1 aliphatic carbocycles. The molecule has 1 aromatic carbocycles. The molecule has 1 fully saturated rings. The molecule has 20 heavy (non-hydrogen) atoms. The van der Waals surface area contributed by atoms with Crippen molar-refractivity contribution in [1.82, 2.24) is 5.32 Å². The maximum Gasteiger partial charge on any atom is 0.119 e. The molecule has 0 radical (unpaired) electrons. The average molecular weight is 293 g/mol. The van der Waals surface area contributed by atoms with E-state index in [9.17, 15) is 0 Å². The normalized spacial score (nSPS) is 17.9. The molecule has 2 rings (SSSR count). The van der Waals surface area contributed by atoms with Crippen LogP contribution < -0.4 is 10.1 Å². The van der Waals surface area contributed by atoms with Crippen molar-refractivity contribution in [2.24, 2.45) is 0 Å². The summed E-state index contributed by atoms with van der Waals surface area (Å²) in [5, 5.41) is 4.32. The lowest BCUT2D eigenvalue weighted by Gasteiger charge is -2.24. The highest BCUT2D eigenvalue weighted by molar-refractivity contribution is 7.99. The van der Waals surface area contributed by atoms with Gasteiger partial charge < -0.3 is 10.1 Å². The zero-order chi connectivity index (χ0) is 14.2. The summed E-state index contributed by atoms with van der Waals surface area (Å²) in [6.07, 6.45) is 7.09. The first-order valence-electron chi connectivity index (χ1n) is 7.85. The predicted molar refractivity (Wildman–Crippen MR) is 88.7 cm³/mol. The second-order valence-corrected chi connectivity index (χ2v) is 6.77. The Balaban J connectivity index is 1.86. The van der Waals surface area contributed by atoms with Crippen molar-refractivity contribution in [3.05, 3.63) is 29.8 Å². The molecule has 0 amide bonds. The van der Waals surface area contributed by atoms with E-state index in [1.807, 2.05) is 6.92 Å². The summed E-state index contributed by atoms with van der Waals surface area (Å²) in [7, 11) is 2.06. The molecule has 1 saturated carbocycles. The monoisotopic (exact) mass is 293 g/mol. The van der Waals surface area contributed by atoms with Gasteiger partial charge in [-0.15, -0.1) is 0 Å². The van der Waals surface area contributed by atoms with Crippen molar-refractivity contribution in [3.8, 4) is 5.75 Å². The number of thioether (sulfide) groups is 1. The van der Waals surface area contributed by atoms with Gasteiger partial charge >= 0.3 is 0 Å². The molecule has 0 saturated heterocycles. The smallest absolute Gasteiger partial charge is 0.119 e. The van der Waals surface area contributed by atoms with Crippen LogP contribution in [-0.2, 0) is 0 Å². The fourth-order valence-electron chi connectivity index (χ4n) is 2.77. The summed E-state index contributed by atoms with van der Waals surface area (Å²) in [5.74, 6) is 2.13. The first kappa shape index (κ1) is 15.7. The van der Waals surface area contributed by atoms with E-state index in [4.69, 9.17) is 4.74 Å². The average Bonchev–Trinajstić information content (AvgIpc) is 2.51. The SMILES string of the molecule is CCOc1ccc(C(CSC2CCCCC2)NC)cc1. The zero-order valence-electron chi connectivity index (χ0n) is 12.7. The Hall–Kier alpha value is -0.670.